The number of amides is 2. The van der Waals surface area contributed by atoms with Gasteiger partial charge in [0.25, 0.3) is 0 Å². The first-order valence-corrected chi connectivity index (χ1v) is 9.43. The minimum atomic E-state index is -0.875. The zero-order chi connectivity index (χ0) is 20.8. The third kappa shape index (κ3) is 5.47. The topological polar surface area (TPSA) is 83.7 Å². The second kappa shape index (κ2) is 9.41. The summed E-state index contributed by atoms with van der Waals surface area (Å²) in [7, 11) is 0. The van der Waals surface area contributed by atoms with Gasteiger partial charge in [0.2, 0.25) is 0 Å². The highest BCUT2D eigenvalue weighted by Crippen LogP contribution is 2.29. The van der Waals surface area contributed by atoms with E-state index in [0.29, 0.717) is 21.6 Å². The number of rotatable bonds is 5. The van der Waals surface area contributed by atoms with E-state index in [4.69, 9.17) is 27.6 Å². The lowest BCUT2D eigenvalue weighted by Gasteiger charge is -2.13. The quantitative estimate of drug-likeness (QED) is 0.353. The van der Waals surface area contributed by atoms with Crippen LogP contribution in [0.15, 0.2) is 70.2 Å². The number of benzene rings is 2. The van der Waals surface area contributed by atoms with E-state index in [2.05, 4.69) is 15.8 Å². The molecule has 2 aromatic carbocycles. The molecule has 0 radical (unpaired) electrons. The average molecular weight is 430 g/mol. The highest BCUT2D eigenvalue weighted by molar-refractivity contribution is 6.42. The van der Waals surface area contributed by atoms with Crippen molar-refractivity contribution in [1.82, 2.24) is 10.7 Å². The van der Waals surface area contributed by atoms with E-state index in [1.165, 1.54) is 6.21 Å². The van der Waals surface area contributed by atoms with Crippen LogP contribution in [0.5, 0.6) is 0 Å². The van der Waals surface area contributed by atoms with Gasteiger partial charge >= 0.3 is 11.8 Å². The summed E-state index contributed by atoms with van der Waals surface area (Å²) >= 11 is 11.9. The fraction of sp³-hybridized carbons (Fsp3) is 0.0952. The molecule has 8 heteroatoms. The fourth-order valence-electron chi connectivity index (χ4n) is 2.52. The maximum Gasteiger partial charge on any atom is 0.329 e. The van der Waals surface area contributed by atoms with Gasteiger partial charge in [0.05, 0.1) is 22.3 Å². The van der Waals surface area contributed by atoms with Gasteiger partial charge in [-0.1, -0.05) is 53.5 Å². The van der Waals surface area contributed by atoms with Crippen molar-refractivity contribution in [1.29, 1.82) is 0 Å². The molecule has 0 saturated carbocycles. The predicted molar refractivity (Wildman–Crippen MR) is 113 cm³/mol. The van der Waals surface area contributed by atoms with Gasteiger partial charge in [0.1, 0.15) is 11.5 Å². The Hall–Kier alpha value is -3.09. The monoisotopic (exact) mass is 429 g/mol. The number of hydrogen-bond donors (Lipinski definition) is 2. The normalized spacial score (nSPS) is 12.0. The zero-order valence-electron chi connectivity index (χ0n) is 15.4. The van der Waals surface area contributed by atoms with Gasteiger partial charge in [-0.05, 0) is 42.8 Å². The first-order valence-electron chi connectivity index (χ1n) is 8.68. The lowest BCUT2D eigenvalue weighted by atomic mass is 10.1. The molecule has 2 N–H and O–H groups in total. The van der Waals surface area contributed by atoms with Crippen LogP contribution in [0.4, 0.5) is 0 Å². The first kappa shape index (κ1) is 20.6. The smallest absolute Gasteiger partial charge is 0.329 e. The molecule has 1 atom stereocenters. The molecular formula is C21H17Cl2N3O3. The molecule has 0 saturated heterocycles. The molecule has 3 aromatic rings. The number of halogens is 2. The van der Waals surface area contributed by atoms with Crippen molar-refractivity contribution < 1.29 is 14.0 Å². The molecule has 0 aliphatic rings. The minimum Gasteiger partial charge on any atom is -0.455 e. The number of nitrogens with one attached hydrogen (secondary N) is 2. The molecule has 0 spiro atoms. The molecule has 1 aromatic heterocycles. The van der Waals surface area contributed by atoms with Gasteiger partial charge in [-0.3, -0.25) is 9.59 Å². The molecule has 0 aliphatic heterocycles. The van der Waals surface area contributed by atoms with Crippen LogP contribution in [0, 0.1) is 0 Å². The standard InChI is InChI=1S/C21H17Cl2N3O3/c1-13(14-5-3-2-4-6-14)25-20(27)21(28)26-24-12-16-8-10-19(29-16)15-7-9-17(22)18(23)11-15/h2-13H,1H3,(H,25,27)(H,26,28)/b24-12+/t13-/m0/s1. The average Bonchev–Trinajstić information content (AvgIpc) is 3.19. The molecular weight excluding hydrogens is 413 g/mol. The van der Waals surface area contributed by atoms with Gasteiger partial charge in [0, 0.05) is 5.56 Å². The Morgan fingerprint density at radius 2 is 1.76 bits per heavy atom. The summed E-state index contributed by atoms with van der Waals surface area (Å²) in [6.07, 6.45) is 1.30. The van der Waals surface area contributed by atoms with E-state index in [1.807, 2.05) is 30.3 Å². The van der Waals surface area contributed by atoms with Gasteiger partial charge < -0.3 is 9.73 Å². The van der Waals surface area contributed by atoms with Crippen LogP contribution < -0.4 is 10.7 Å². The van der Waals surface area contributed by atoms with E-state index in [1.54, 1.807) is 37.3 Å². The SMILES string of the molecule is C[C@H](NC(=O)C(=O)N/N=C/c1ccc(-c2ccc(Cl)c(Cl)c2)o1)c1ccccc1. The zero-order valence-corrected chi connectivity index (χ0v) is 16.9. The highest BCUT2D eigenvalue weighted by atomic mass is 35.5. The third-order valence-electron chi connectivity index (χ3n) is 4.04. The molecule has 29 heavy (non-hydrogen) atoms. The second-order valence-electron chi connectivity index (χ2n) is 6.14. The van der Waals surface area contributed by atoms with Crippen molar-refractivity contribution in [3.05, 3.63) is 82.0 Å². The molecule has 0 bridgehead atoms. The summed E-state index contributed by atoms with van der Waals surface area (Å²) < 4.78 is 5.63. The summed E-state index contributed by atoms with van der Waals surface area (Å²) in [5, 5.41) is 7.23. The second-order valence-corrected chi connectivity index (χ2v) is 6.95. The summed E-state index contributed by atoms with van der Waals surface area (Å²) in [4.78, 5) is 23.9. The Labute approximate surface area is 177 Å². The van der Waals surface area contributed by atoms with Crippen LogP contribution >= 0.6 is 23.2 Å². The number of carbonyl (C=O) groups is 2. The Balaban J connectivity index is 1.55. The van der Waals surface area contributed by atoms with Crippen LogP contribution in [0.3, 0.4) is 0 Å². The van der Waals surface area contributed by atoms with Crippen molar-refractivity contribution in [2.45, 2.75) is 13.0 Å². The van der Waals surface area contributed by atoms with Gasteiger partial charge in [-0.25, -0.2) is 5.43 Å². The summed E-state index contributed by atoms with van der Waals surface area (Å²) in [5.74, 6) is -0.704. The van der Waals surface area contributed by atoms with E-state index < -0.39 is 11.8 Å². The first-order chi connectivity index (χ1) is 13.9. The van der Waals surface area contributed by atoms with Crippen molar-refractivity contribution in [3.63, 3.8) is 0 Å². The van der Waals surface area contributed by atoms with Crippen LogP contribution in [0.25, 0.3) is 11.3 Å². The molecule has 148 valence electrons. The maximum absolute atomic E-state index is 12.0. The van der Waals surface area contributed by atoms with Crippen molar-refractivity contribution in [3.8, 4) is 11.3 Å². The van der Waals surface area contributed by atoms with Crippen LogP contribution in [0.1, 0.15) is 24.3 Å². The number of hydrazone groups is 1. The summed E-state index contributed by atoms with van der Waals surface area (Å²) in [6, 6.07) is 17.5. The summed E-state index contributed by atoms with van der Waals surface area (Å²) in [5.41, 5.74) is 3.81. The van der Waals surface area contributed by atoms with Crippen LogP contribution in [0.2, 0.25) is 10.0 Å². The number of nitrogens with zero attached hydrogens (tertiary/aromatic N) is 1. The number of furan rings is 1. The lowest BCUT2D eigenvalue weighted by molar-refractivity contribution is -0.139. The van der Waals surface area contributed by atoms with Gasteiger partial charge in [-0.15, -0.1) is 0 Å². The predicted octanol–water partition coefficient (Wildman–Crippen LogP) is 4.58. The molecule has 0 unspecified atom stereocenters. The number of carbonyl (C=O) groups excluding carboxylic acids is 2. The lowest BCUT2D eigenvalue weighted by Crippen LogP contribution is -2.39. The fourth-order valence-corrected chi connectivity index (χ4v) is 2.82. The largest absolute Gasteiger partial charge is 0.455 e. The van der Waals surface area contributed by atoms with Crippen molar-refractivity contribution >= 4 is 41.2 Å². The molecule has 6 nitrogen and oxygen atoms in total. The Bertz CT molecular complexity index is 1050. The van der Waals surface area contributed by atoms with Crippen LogP contribution in [-0.4, -0.2) is 18.0 Å². The summed E-state index contributed by atoms with van der Waals surface area (Å²) in [6.45, 7) is 1.79. The van der Waals surface area contributed by atoms with Crippen molar-refractivity contribution in [2.24, 2.45) is 5.10 Å². The minimum absolute atomic E-state index is 0.308. The van der Waals surface area contributed by atoms with Gasteiger partial charge in [-0.2, -0.15) is 5.10 Å². The van der Waals surface area contributed by atoms with E-state index in [0.717, 1.165) is 11.1 Å². The molecule has 1 heterocycles. The molecule has 0 fully saturated rings. The van der Waals surface area contributed by atoms with Crippen LogP contribution in [-0.2, 0) is 9.59 Å². The Morgan fingerprint density at radius 3 is 2.48 bits per heavy atom. The van der Waals surface area contributed by atoms with E-state index in [-0.39, 0.29) is 6.04 Å². The van der Waals surface area contributed by atoms with E-state index in [9.17, 15) is 9.59 Å². The van der Waals surface area contributed by atoms with E-state index >= 15 is 0 Å². The highest BCUT2D eigenvalue weighted by Gasteiger charge is 2.16. The maximum atomic E-state index is 12.0. The Kier molecular flexibility index (Phi) is 6.69. The third-order valence-corrected chi connectivity index (χ3v) is 4.78. The Morgan fingerprint density at radius 1 is 1.00 bits per heavy atom. The van der Waals surface area contributed by atoms with Gasteiger partial charge in [0.15, 0.2) is 0 Å². The molecule has 2 amide bonds. The van der Waals surface area contributed by atoms with Crippen molar-refractivity contribution in [2.75, 3.05) is 0 Å². The molecule has 0 aliphatic carbocycles. The number of hydrogen-bond acceptors (Lipinski definition) is 4. The molecule has 3 rings (SSSR count).